The lowest BCUT2D eigenvalue weighted by atomic mass is 10.1. The Morgan fingerprint density at radius 3 is 2.95 bits per heavy atom. The second-order valence-electron chi connectivity index (χ2n) is 4.52. The Kier molecular flexibility index (Phi) is 4.36. The summed E-state index contributed by atoms with van der Waals surface area (Å²) in [5, 5.41) is 12.5. The zero-order valence-electron chi connectivity index (χ0n) is 11.3. The molecule has 1 aromatic heterocycles. The number of aromatic hydroxyl groups is 1. The Bertz CT molecular complexity index is 625. The number of nitrogens with zero attached hydrogens (tertiary/aromatic N) is 1. The smallest absolute Gasteiger partial charge is 0.252 e. The van der Waals surface area contributed by atoms with Gasteiger partial charge in [0.05, 0.1) is 22.9 Å². The van der Waals surface area contributed by atoms with Gasteiger partial charge < -0.3 is 15.6 Å². The number of methoxy groups -OCH3 is 1. The summed E-state index contributed by atoms with van der Waals surface area (Å²) in [5.41, 5.74) is 6.83. The maximum absolute atomic E-state index is 11.2. The molecule has 0 fully saturated rings. The number of primary amides is 1. The molecule has 106 valence electrons. The molecule has 0 aliphatic carbocycles. The van der Waals surface area contributed by atoms with Gasteiger partial charge in [0.25, 0.3) is 5.91 Å². The van der Waals surface area contributed by atoms with Crippen molar-refractivity contribution in [2.75, 3.05) is 13.7 Å². The van der Waals surface area contributed by atoms with Crippen molar-refractivity contribution in [1.29, 1.82) is 0 Å². The van der Waals surface area contributed by atoms with Gasteiger partial charge >= 0.3 is 0 Å². The van der Waals surface area contributed by atoms with Crippen molar-refractivity contribution in [3.63, 3.8) is 0 Å². The average Bonchev–Trinajstić information content (AvgIpc) is 2.89. The van der Waals surface area contributed by atoms with Crippen molar-refractivity contribution in [3.8, 4) is 17.0 Å². The minimum absolute atomic E-state index is 0.0991. The van der Waals surface area contributed by atoms with Crippen LogP contribution in [-0.4, -0.2) is 29.7 Å². The summed E-state index contributed by atoms with van der Waals surface area (Å²) < 4.78 is 5.11. The van der Waals surface area contributed by atoms with Gasteiger partial charge in [-0.15, -0.1) is 11.3 Å². The third-order valence-corrected chi connectivity index (χ3v) is 3.99. The highest BCUT2D eigenvalue weighted by atomic mass is 32.1. The van der Waals surface area contributed by atoms with Crippen LogP contribution < -0.4 is 5.73 Å². The summed E-state index contributed by atoms with van der Waals surface area (Å²) in [6.07, 6.45) is 0. The molecule has 0 radical (unpaired) electrons. The van der Waals surface area contributed by atoms with Gasteiger partial charge in [-0.05, 0) is 18.2 Å². The van der Waals surface area contributed by atoms with Gasteiger partial charge in [-0.25, -0.2) is 4.98 Å². The van der Waals surface area contributed by atoms with Gasteiger partial charge in [0.2, 0.25) is 0 Å². The van der Waals surface area contributed by atoms with Crippen LogP contribution in [0.25, 0.3) is 11.3 Å². The maximum Gasteiger partial charge on any atom is 0.252 e. The van der Waals surface area contributed by atoms with Gasteiger partial charge in [0.1, 0.15) is 5.75 Å². The molecule has 1 amide bonds. The topological polar surface area (TPSA) is 85.4 Å². The molecule has 0 saturated heterocycles. The minimum atomic E-state index is -0.660. The largest absolute Gasteiger partial charge is 0.507 e. The fraction of sp³-hybridized carbons (Fsp3) is 0.286. The number of carbonyl (C=O) groups is 1. The number of hydrogen-bond acceptors (Lipinski definition) is 5. The summed E-state index contributed by atoms with van der Waals surface area (Å²) in [4.78, 5) is 15.8. The van der Waals surface area contributed by atoms with Crippen molar-refractivity contribution < 1.29 is 14.6 Å². The van der Waals surface area contributed by atoms with Crippen LogP contribution >= 0.6 is 11.3 Å². The van der Waals surface area contributed by atoms with Gasteiger partial charge in [-0.1, -0.05) is 6.92 Å². The molecule has 0 aliphatic rings. The van der Waals surface area contributed by atoms with E-state index >= 15 is 0 Å². The normalized spacial score (nSPS) is 12.3. The molecule has 0 saturated carbocycles. The number of thiazole rings is 1. The van der Waals surface area contributed by atoms with Crippen molar-refractivity contribution in [2.45, 2.75) is 12.8 Å². The van der Waals surface area contributed by atoms with E-state index in [9.17, 15) is 9.90 Å². The third-order valence-electron chi connectivity index (χ3n) is 2.92. The van der Waals surface area contributed by atoms with Crippen LogP contribution in [0.15, 0.2) is 23.6 Å². The molecule has 0 aliphatic heterocycles. The van der Waals surface area contributed by atoms with Crippen molar-refractivity contribution >= 4 is 17.2 Å². The third kappa shape index (κ3) is 2.97. The summed E-state index contributed by atoms with van der Waals surface area (Å²) >= 11 is 1.54. The molecular weight excluding hydrogens is 276 g/mol. The summed E-state index contributed by atoms with van der Waals surface area (Å²) in [6, 6.07) is 4.71. The number of rotatable bonds is 5. The molecule has 20 heavy (non-hydrogen) atoms. The molecule has 0 bridgehead atoms. The number of ether oxygens (including phenoxy) is 1. The van der Waals surface area contributed by atoms with E-state index in [0.717, 1.165) is 16.3 Å². The molecule has 5 nitrogen and oxygen atoms in total. The average molecular weight is 292 g/mol. The van der Waals surface area contributed by atoms with Crippen molar-refractivity contribution in [1.82, 2.24) is 4.98 Å². The second-order valence-corrected chi connectivity index (χ2v) is 5.41. The first-order valence-corrected chi connectivity index (χ1v) is 6.98. The molecule has 1 aromatic carbocycles. The lowest BCUT2D eigenvalue weighted by Crippen LogP contribution is -2.11. The predicted molar refractivity (Wildman–Crippen MR) is 78.0 cm³/mol. The lowest BCUT2D eigenvalue weighted by Gasteiger charge is -2.06. The van der Waals surface area contributed by atoms with Crippen LogP contribution in [0.3, 0.4) is 0 Å². The van der Waals surface area contributed by atoms with E-state index in [2.05, 4.69) is 4.98 Å². The van der Waals surface area contributed by atoms with E-state index in [1.807, 2.05) is 12.3 Å². The Hall–Kier alpha value is -1.92. The molecule has 6 heteroatoms. The minimum Gasteiger partial charge on any atom is -0.507 e. The van der Waals surface area contributed by atoms with Gasteiger partial charge in [0, 0.05) is 24.0 Å². The van der Waals surface area contributed by atoms with E-state index in [4.69, 9.17) is 10.5 Å². The van der Waals surface area contributed by atoms with Gasteiger partial charge in [0.15, 0.2) is 0 Å². The highest BCUT2D eigenvalue weighted by Crippen LogP contribution is 2.29. The number of carbonyl (C=O) groups excluding carboxylic acids is 1. The van der Waals surface area contributed by atoms with E-state index in [1.165, 1.54) is 6.07 Å². The standard InChI is InChI=1S/C14H16N2O3S/c1-8(6-19-2)14-16-11(7-20-14)9-3-4-12(17)10(5-9)13(15)18/h3-5,7-8,17H,6H2,1-2H3,(H2,15,18). The fourth-order valence-electron chi connectivity index (χ4n) is 1.86. The number of hydrogen-bond donors (Lipinski definition) is 2. The van der Waals surface area contributed by atoms with Crippen molar-refractivity contribution in [2.24, 2.45) is 5.73 Å². The molecule has 1 unspecified atom stereocenters. The lowest BCUT2D eigenvalue weighted by molar-refractivity contribution is 0.0998. The number of aromatic nitrogens is 1. The first-order chi connectivity index (χ1) is 9.52. The van der Waals surface area contributed by atoms with Crippen LogP contribution in [-0.2, 0) is 4.74 Å². The number of benzene rings is 1. The molecule has 2 rings (SSSR count). The van der Waals surface area contributed by atoms with E-state index in [0.29, 0.717) is 6.61 Å². The Labute approximate surface area is 121 Å². The quantitative estimate of drug-likeness (QED) is 0.886. The summed E-state index contributed by atoms with van der Waals surface area (Å²) in [6.45, 7) is 2.65. The van der Waals surface area contributed by atoms with Crippen LogP contribution in [0.2, 0.25) is 0 Å². The molecule has 3 N–H and O–H groups in total. The highest BCUT2D eigenvalue weighted by Gasteiger charge is 2.14. The fourth-order valence-corrected chi connectivity index (χ4v) is 2.73. The Balaban J connectivity index is 2.33. The van der Waals surface area contributed by atoms with E-state index < -0.39 is 5.91 Å². The Morgan fingerprint density at radius 2 is 2.30 bits per heavy atom. The summed E-state index contributed by atoms with van der Waals surface area (Å²) in [7, 11) is 1.66. The molecule has 2 aromatic rings. The number of nitrogens with two attached hydrogens (primary N) is 1. The van der Waals surface area contributed by atoms with E-state index in [1.54, 1.807) is 30.6 Å². The first kappa shape index (κ1) is 14.5. The van der Waals surface area contributed by atoms with Crippen molar-refractivity contribution in [3.05, 3.63) is 34.2 Å². The Morgan fingerprint density at radius 1 is 1.55 bits per heavy atom. The second kappa shape index (κ2) is 6.02. The van der Waals surface area contributed by atoms with Crippen LogP contribution in [0.1, 0.15) is 28.2 Å². The van der Waals surface area contributed by atoms with Gasteiger partial charge in [-0.3, -0.25) is 4.79 Å². The van der Waals surface area contributed by atoms with Gasteiger partial charge in [-0.2, -0.15) is 0 Å². The maximum atomic E-state index is 11.2. The summed E-state index contributed by atoms with van der Waals surface area (Å²) in [5.74, 6) is -0.566. The first-order valence-electron chi connectivity index (χ1n) is 6.10. The number of phenols is 1. The van der Waals surface area contributed by atoms with E-state index in [-0.39, 0.29) is 17.2 Å². The van der Waals surface area contributed by atoms with Crippen LogP contribution in [0, 0.1) is 0 Å². The molecule has 1 heterocycles. The zero-order valence-corrected chi connectivity index (χ0v) is 12.1. The molecule has 0 spiro atoms. The molecular formula is C14H16N2O3S. The zero-order chi connectivity index (χ0) is 14.7. The highest BCUT2D eigenvalue weighted by molar-refractivity contribution is 7.10. The van der Waals surface area contributed by atoms with Crippen LogP contribution in [0.5, 0.6) is 5.75 Å². The SMILES string of the molecule is COCC(C)c1nc(-c2ccc(O)c(C(N)=O)c2)cs1. The number of amides is 1. The van der Waals surface area contributed by atoms with Crippen LogP contribution in [0.4, 0.5) is 0 Å². The predicted octanol–water partition coefficient (Wildman–Crippen LogP) is 2.36. The monoisotopic (exact) mass is 292 g/mol. The molecule has 1 atom stereocenters.